The van der Waals surface area contributed by atoms with Crippen LogP contribution in [0.1, 0.15) is 10.4 Å². The molecule has 0 fully saturated rings. The molecule has 6 heteroatoms. The highest BCUT2D eigenvalue weighted by Crippen LogP contribution is 2.27. The Bertz CT molecular complexity index is 1120. The summed E-state index contributed by atoms with van der Waals surface area (Å²) >= 11 is 0. The van der Waals surface area contributed by atoms with Crippen LogP contribution in [-0.4, -0.2) is 39.9 Å². The van der Waals surface area contributed by atoms with Gasteiger partial charge >= 0.3 is 0 Å². The van der Waals surface area contributed by atoms with Crippen molar-refractivity contribution < 1.29 is 4.79 Å². The molecule has 0 atom stereocenters. The fourth-order valence-corrected chi connectivity index (χ4v) is 2.89. The average molecular weight is 369 g/mol. The highest BCUT2D eigenvalue weighted by molar-refractivity contribution is 5.95. The van der Waals surface area contributed by atoms with Crippen LogP contribution in [0.25, 0.3) is 22.3 Å². The van der Waals surface area contributed by atoms with Crippen LogP contribution >= 0.6 is 0 Å². The molecular weight excluding hydrogens is 350 g/mol. The molecule has 0 aliphatic heterocycles. The molecule has 138 valence electrons. The summed E-state index contributed by atoms with van der Waals surface area (Å²) in [5.41, 5.74) is 3.22. The van der Waals surface area contributed by atoms with E-state index < -0.39 is 0 Å². The van der Waals surface area contributed by atoms with Crippen LogP contribution < -0.4 is 5.32 Å². The molecule has 6 nitrogen and oxygen atoms in total. The number of para-hydroxylation sites is 1. The molecule has 1 amide bonds. The van der Waals surface area contributed by atoms with Crippen molar-refractivity contribution in [2.45, 2.75) is 0 Å². The van der Waals surface area contributed by atoms with Gasteiger partial charge in [0.2, 0.25) is 0 Å². The third kappa shape index (κ3) is 3.53. The van der Waals surface area contributed by atoms with Crippen LogP contribution in [0.3, 0.4) is 0 Å². The Morgan fingerprint density at radius 2 is 1.61 bits per heavy atom. The van der Waals surface area contributed by atoms with Crippen LogP contribution in [0, 0.1) is 0 Å². The first kappa shape index (κ1) is 17.6. The number of nitrogens with zero attached hydrogens (tertiary/aromatic N) is 4. The van der Waals surface area contributed by atoms with E-state index in [9.17, 15) is 4.79 Å². The van der Waals surface area contributed by atoms with E-state index in [1.807, 2.05) is 48.5 Å². The number of hydrogen-bond acceptors (Lipinski definition) is 5. The molecule has 2 aromatic heterocycles. The fraction of sp³-hybridized carbons (Fsp3) is 0.0909. The maximum absolute atomic E-state index is 12.1. The summed E-state index contributed by atoms with van der Waals surface area (Å²) in [5, 5.41) is 4.28. The highest BCUT2D eigenvalue weighted by atomic mass is 16.2. The standard InChI is InChI=1S/C22H19N5O/c1-27(2)22(28)16-9-7-15(8-10-16)20-25-19-6-4-3-5-18(19)21(26-20)24-17-11-13-23-14-12-17/h3-14H,1-2H3,(H,23,24,25,26). The Morgan fingerprint density at radius 3 is 2.32 bits per heavy atom. The topological polar surface area (TPSA) is 71.0 Å². The van der Waals surface area contributed by atoms with E-state index in [1.54, 1.807) is 43.5 Å². The summed E-state index contributed by atoms with van der Waals surface area (Å²) in [6.45, 7) is 0. The van der Waals surface area contributed by atoms with Gasteiger partial charge in [-0.15, -0.1) is 0 Å². The monoisotopic (exact) mass is 369 g/mol. The van der Waals surface area contributed by atoms with E-state index in [0.717, 1.165) is 28.0 Å². The van der Waals surface area contributed by atoms with Crippen LogP contribution in [0.2, 0.25) is 0 Å². The van der Waals surface area contributed by atoms with Crippen LogP contribution in [0.4, 0.5) is 11.5 Å². The number of benzene rings is 2. The summed E-state index contributed by atoms with van der Waals surface area (Å²) in [4.78, 5) is 27.1. The Kier molecular flexibility index (Phi) is 4.68. The van der Waals surface area contributed by atoms with Crippen molar-refractivity contribution in [2.75, 3.05) is 19.4 Å². The molecule has 0 bridgehead atoms. The van der Waals surface area contributed by atoms with Crippen molar-refractivity contribution in [1.82, 2.24) is 19.9 Å². The third-order valence-corrected chi connectivity index (χ3v) is 4.34. The van der Waals surface area contributed by atoms with Gasteiger partial charge in [0.1, 0.15) is 5.82 Å². The largest absolute Gasteiger partial charge is 0.345 e. The zero-order valence-corrected chi connectivity index (χ0v) is 15.6. The summed E-state index contributed by atoms with van der Waals surface area (Å²) in [6, 6.07) is 19.0. The number of pyridine rings is 1. The summed E-state index contributed by atoms with van der Waals surface area (Å²) in [5.74, 6) is 1.28. The number of nitrogens with one attached hydrogen (secondary N) is 1. The number of amides is 1. The van der Waals surface area contributed by atoms with Crippen molar-refractivity contribution in [3.05, 3.63) is 78.6 Å². The molecule has 0 unspecified atom stereocenters. The van der Waals surface area contributed by atoms with E-state index in [1.165, 1.54) is 0 Å². The number of rotatable bonds is 4. The quantitative estimate of drug-likeness (QED) is 0.585. The second-order valence-corrected chi connectivity index (χ2v) is 6.55. The Labute approximate surface area is 162 Å². The molecule has 4 rings (SSSR count). The number of anilines is 2. The fourth-order valence-electron chi connectivity index (χ4n) is 2.89. The molecule has 1 N–H and O–H groups in total. The molecule has 0 spiro atoms. The third-order valence-electron chi connectivity index (χ3n) is 4.34. The number of carbonyl (C=O) groups excluding carboxylic acids is 1. The van der Waals surface area contributed by atoms with Crippen molar-refractivity contribution >= 4 is 28.3 Å². The maximum Gasteiger partial charge on any atom is 0.253 e. The number of fused-ring (bicyclic) bond motifs is 1. The zero-order chi connectivity index (χ0) is 19.5. The van der Waals surface area contributed by atoms with E-state index in [2.05, 4.69) is 10.3 Å². The van der Waals surface area contributed by atoms with Crippen molar-refractivity contribution in [1.29, 1.82) is 0 Å². The predicted octanol–water partition coefficient (Wildman–Crippen LogP) is 4.14. The Morgan fingerprint density at radius 1 is 0.893 bits per heavy atom. The maximum atomic E-state index is 12.1. The first-order valence-electron chi connectivity index (χ1n) is 8.88. The van der Waals surface area contributed by atoms with Crippen LogP contribution in [0.15, 0.2) is 73.1 Å². The molecule has 0 saturated carbocycles. The van der Waals surface area contributed by atoms with Crippen molar-refractivity contribution in [3.8, 4) is 11.4 Å². The van der Waals surface area contributed by atoms with Gasteiger partial charge in [-0.25, -0.2) is 9.97 Å². The van der Waals surface area contributed by atoms with Gasteiger partial charge in [0, 0.05) is 48.7 Å². The van der Waals surface area contributed by atoms with Crippen molar-refractivity contribution in [2.24, 2.45) is 0 Å². The van der Waals surface area contributed by atoms with Gasteiger partial charge in [-0.2, -0.15) is 0 Å². The zero-order valence-electron chi connectivity index (χ0n) is 15.6. The number of aromatic nitrogens is 3. The minimum absolute atomic E-state index is 0.0361. The summed E-state index contributed by atoms with van der Waals surface area (Å²) in [6.07, 6.45) is 3.46. The molecule has 0 aliphatic carbocycles. The van der Waals surface area contributed by atoms with Gasteiger partial charge in [-0.1, -0.05) is 24.3 Å². The SMILES string of the molecule is CN(C)C(=O)c1ccc(-c2nc(Nc3ccncc3)c3ccccc3n2)cc1. The normalized spacial score (nSPS) is 10.6. The van der Waals surface area contributed by atoms with Crippen molar-refractivity contribution in [3.63, 3.8) is 0 Å². The molecule has 4 aromatic rings. The van der Waals surface area contributed by atoms with Gasteiger partial charge in [0.15, 0.2) is 5.82 Å². The van der Waals surface area contributed by atoms with Gasteiger partial charge in [-0.05, 0) is 36.4 Å². The number of hydrogen-bond donors (Lipinski definition) is 1. The predicted molar refractivity (Wildman–Crippen MR) is 111 cm³/mol. The van der Waals surface area contributed by atoms with Gasteiger partial charge in [-0.3, -0.25) is 9.78 Å². The first-order valence-corrected chi connectivity index (χ1v) is 8.88. The molecular formula is C22H19N5O. The number of carbonyl (C=O) groups is 1. The van der Waals surface area contributed by atoms with Gasteiger partial charge < -0.3 is 10.2 Å². The van der Waals surface area contributed by atoms with E-state index in [-0.39, 0.29) is 5.91 Å². The summed E-state index contributed by atoms with van der Waals surface area (Å²) in [7, 11) is 3.47. The van der Waals surface area contributed by atoms with E-state index in [4.69, 9.17) is 9.97 Å². The molecule has 2 aromatic carbocycles. The lowest BCUT2D eigenvalue weighted by Gasteiger charge is -2.12. The molecule has 28 heavy (non-hydrogen) atoms. The Balaban J connectivity index is 1.76. The van der Waals surface area contributed by atoms with E-state index in [0.29, 0.717) is 11.4 Å². The lowest BCUT2D eigenvalue weighted by Crippen LogP contribution is -2.21. The minimum atomic E-state index is -0.0361. The van der Waals surface area contributed by atoms with Gasteiger partial charge in [0.05, 0.1) is 5.52 Å². The molecule has 0 saturated heterocycles. The lowest BCUT2D eigenvalue weighted by atomic mass is 10.1. The molecule has 0 aliphatic rings. The second-order valence-electron chi connectivity index (χ2n) is 6.55. The smallest absolute Gasteiger partial charge is 0.253 e. The Hall–Kier alpha value is -3.80. The second kappa shape index (κ2) is 7.44. The average Bonchev–Trinajstić information content (AvgIpc) is 2.74. The van der Waals surface area contributed by atoms with E-state index >= 15 is 0 Å². The minimum Gasteiger partial charge on any atom is -0.345 e. The highest BCUT2D eigenvalue weighted by Gasteiger charge is 2.12. The van der Waals surface area contributed by atoms with Crippen LogP contribution in [0.5, 0.6) is 0 Å². The van der Waals surface area contributed by atoms with Gasteiger partial charge in [0.25, 0.3) is 5.91 Å². The molecule has 2 heterocycles. The first-order chi connectivity index (χ1) is 13.6. The lowest BCUT2D eigenvalue weighted by molar-refractivity contribution is 0.0827. The summed E-state index contributed by atoms with van der Waals surface area (Å²) < 4.78 is 0. The van der Waals surface area contributed by atoms with Crippen LogP contribution in [-0.2, 0) is 0 Å². The molecule has 0 radical (unpaired) electrons.